The molecular weight excluding hydrogens is 412 g/mol. The van der Waals surface area contributed by atoms with E-state index in [2.05, 4.69) is 19.2 Å². The first-order chi connectivity index (χ1) is 16.1. The number of hydrogen-bond acceptors (Lipinski definition) is 4. The molecule has 0 saturated carbocycles. The third-order valence-electron chi connectivity index (χ3n) is 5.48. The molecule has 3 rings (SSSR count). The number of benzene rings is 3. The summed E-state index contributed by atoms with van der Waals surface area (Å²) < 4.78 is 5.34. The maximum atomic E-state index is 12.6. The quantitative estimate of drug-likeness (QED) is 0.423. The van der Waals surface area contributed by atoms with Crippen molar-refractivity contribution in [3.05, 3.63) is 101 Å². The second kappa shape index (κ2) is 12.6. The fourth-order valence-electron chi connectivity index (χ4n) is 3.80. The van der Waals surface area contributed by atoms with E-state index < -0.39 is 5.97 Å². The standard InChI is InChI=1S/C28H32N2O3/c1-3-24-16-11-17-25(4-2)28(24)29-26(31)21-33-27(32)20-30(18-22-12-7-5-8-13-22)19-23-14-9-6-10-15-23/h5-17H,3-4,18-21H2,1-2H3,(H,29,31). The maximum absolute atomic E-state index is 12.6. The van der Waals surface area contributed by atoms with Crippen molar-refractivity contribution in [1.29, 1.82) is 0 Å². The maximum Gasteiger partial charge on any atom is 0.320 e. The summed E-state index contributed by atoms with van der Waals surface area (Å²) in [6.07, 6.45) is 1.63. The van der Waals surface area contributed by atoms with Crippen molar-refractivity contribution in [2.45, 2.75) is 39.8 Å². The summed E-state index contributed by atoms with van der Waals surface area (Å²) in [4.78, 5) is 27.1. The summed E-state index contributed by atoms with van der Waals surface area (Å²) in [5, 5.41) is 2.94. The van der Waals surface area contributed by atoms with E-state index in [0.29, 0.717) is 13.1 Å². The van der Waals surface area contributed by atoms with Gasteiger partial charge in [0.15, 0.2) is 6.61 Å². The number of hydrogen-bond donors (Lipinski definition) is 1. The topological polar surface area (TPSA) is 58.6 Å². The Hall–Kier alpha value is -3.44. The zero-order valence-electron chi connectivity index (χ0n) is 19.4. The van der Waals surface area contributed by atoms with Crippen molar-refractivity contribution in [2.75, 3.05) is 18.5 Å². The average Bonchev–Trinajstić information content (AvgIpc) is 2.84. The van der Waals surface area contributed by atoms with Gasteiger partial charge in [0.05, 0.1) is 6.54 Å². The minimum atomic E-state index is -0.420. The lowest BCUT2D eigenvalue weighted by Crippen LogP contribution is -2.32. The number of nitrogens with zero attached hydrogens (tertiary/aromatic N) is 1. The fourth-order valence-corrected chi connectivity index (χ4v) is 3.80. The Labute approximate surface area is 196 Å². The van der Waals surface area contributed by atoms with Crippen molar-refractivity contribution in [2.24, 2.45) is 0 Å². The van der Waals surface area contributed by atoms with Gasteiger partial charge in [-0.1, -0.05) is 92.7 Å². The minimum Gasteiger partial charge on any atom is -0.455 e. The first-order valence-corrected chi connectivity index (χ1v) is 11.5. The third kappa shape index (κ3) is 7.58. The number of esters is 1. The first kappa shape index (κ1) is 24.2. The summed E-state index contributed by atoms with van der Waals surface area (Å²) in [6.45, 7) is 5.13. The number of nitrogens with one attached hydrogen (secondary N) is 1. The Kier molecular flexibility index (Phi) is 9.21. The molecule has 0 bridgehead atoms. The molecule has 0 aliphatic rings. The van der Waals surface area contributed by atoms with Crippen molar-refractivity contribution < 1.29 is 14.3 Å². The van der Waals surface area contributed by atoms with Crippen LogP contribution < -0.4 is 5.32 Å². The molecule has 0 aromatic heterocycles. The predicted molar refractivity (Wildman–Crippen MR) is 132 cm³/mol. The normalized spacial score (nSPS) is 10.8. The molecule has 5 heteroatoms. The van der Waals surface area contributed by atoms with Gasteiger partial charge in [0, 0.05) is 18.8 Å². The summed E-state index contributed by atoms with van der Waals surface area (Å²) in [5.41, 5.74) is 5.21. The van der Waals surface area contributed by atoms with Crippen LogP contribution in [-0.4, -0.2) is 29.9 Å². The van der Waals surface area contributed by atoms with Gasteiger partial charge in [-0.15, -0.1) is 0 Å². The third-order valence-corrected chi connectivity index (χ3v) is 5.48. The highest BCUT2D eigenvalue weighted by Gasteiger charge is 2.16. The summed E-state index contributed by atoms with van der Waals surface area (Å²) in [5.74, 6) is -0.742. The molecule has 1 N–H and O–H groups in total. The van der Waals surface area contributed by atoms with Crippen LogP contribution in [0.5, 0.6) is 0 Å². The fraction of sp³-hybridized carbons (Fsp3) is 0.286. The first-order valence-electron chi connectivity index (χ1n) is 11.5. The van der Waals surface area contributed by atoms with Gasteiger partial charge < -0.3 is 10.1 Å². The number of rotatable bonds is 11. The van der Waals surface area contributed by atoms with E-state index in [4.69, 9.17) is 4.74 Å². The van der Waals surface area contributed by atoms with E-state index in [-0.39, 0.29) is 19.1 Å². The van der Waals surface area contributed by atoms with Gasteiger partial charge in [-0.25, -0.2) is 0 Å². The van der Waals surface area contributed by atoms with Crippen molar-refractivity contribution in [1.82, 2.24) is 4.90 Å². The molecule has 5 nitrogen and oxygen atoms in total. The number of carbonyl (C=O) groups excluding carboxylic acids is 2. The molecule has 0 aliphatic carbocycles. The Balaban J connectivity index is 1.59. The molecule has 0 fully saturated rings. The van der Waals surface area contributed by atoms with Crippen LogP contribution in [0.15, 0.2) is 78.9 Å². The Morgan fingerprint density at radius 2 is 1.27 bits per heavy atom. The highest BCUT2D eigenvalue weighted by molar-refractivity contribution is 5.94. The molecule has 0 unspecified atom stereocenters. The molecule has 0 heterocycles. The molecule has 33 heavy (non-hydrogen) atoms. The molecule has 0 aliphatic heterocycles. The smallest absolute Gasteiger partial charge is 0.320 e. The lowest BCUT2D eigenvalue weighted by Gasteiger charge is -2.22. The van der Waals surface area contributed by atoms with E-state index in [1.165, 1.54) is 0 Å². The van der Waals surface area contributed by atoms with Gasteiger partial charge in [0.25, 0.3) is 5.91 Å². The number of carbonyl (C=O) groups is 2. The van der Waals surface area contributed by atoms with Gasteiger partial charge in [-0.05, 0) is 35.1 Å². The predicted octanol–water partition coefficient (Wildman–Crippen LogP) is 5.00. The van der Waals surface area contributed by atoms with Crippen molar-refractivity contribution in [3.63, 3.8) is 0 Å². The SMILES string of the molecule is CCc1cccc(CC)c1NC(=O)COC(=O)CN(Cc1ccccc1)Cc1ccccc1. The highest BCUT2D eigenvalue weighted by Crippen LogP contribution is 2.22. The van der Waals surface area contributed by atoms with Crippen LogP contribution in [0.3, 0.4) is 0 Å². The van der Waals surface area contributed by atoms with Gasteiger partial charge in [0.2, 0.25) is 0 Å². The molecule has 0 saturated heterocycles. The van der Waals surface area contributed by atoms with Crippen LogP contribution in [-0.2, 0) is 40.3 Å². The second-order valence-electron chi connectivity index (χ2n) is 7.98. The van der Waals surface area contributed by atoms with Crippen LogP contribution in [0.2, 0.25) is 0 Å². The van der Waals surface area contributed by atoms with Gasteiger partial charge in [-0.2, -0.15) is 0 Å². The Morgan fingerprint density at radius 1 is 0.758 bits per heavy atom. The van der Waals surface area contributed by atoms with Crippen LogP contribution in [0.4, 0.5) is 5.69 Å². The van der Waals surface area contributed by atoms with Crippen molar-refractivity contribution in [3.8, 4) is 0 Å². The molecule has 3 aromatic rings. The summed E-state index contributed by atoms with van der Waals surface area (Å²) in [6, 6.07) is 26.0. The van der Waals surface area contributed by atoms with Crippen LogP contribution >= 0.6 is 0 Å². The average molecular weight is 445 g/mol. The largest absolute Gasteiger partial charge is 0.455 e. The van der Waals surface area contributed by atoms with Crippen molar-refractivity contribution >= 4 is 17.6 Å². The Morgan fingerprint density at radius 3 is 1.76 bits per heavy atom. The van der Waals surface area contributed by atoms with E-state index >= 15 is 0 Å². The minimum absolute atomic E-state index is 0.100. The van der Waals surface area contributed by atoms with E-state index in [9.17, 15) is 9.59 Å². The summed E-state index contributed by atoms with van der Waals surface area (Å²) in [7, 11) is 0. The molecule has 0 spiro atoms. The monoisotopic (exact) mass is 444 g/mol. The number of amides is 1. The van der Waals surface area contributed by atoms with E-state index in [1.807, 2.05) is 83.8 Å². The van der Waals surface area contributed by atoms with Gasteiger partial charge >= 0.3 is 5.97 Å². The molecule has 172 valence electrons. The van der Waals surface area contributed by atoms with Gasteiger partial charge in [0.1, 0.15) is 0 Å². The number of aryl methyl sites for hydroxylation is 2. The molecule has 0 atom stereocenters. The number of ether oxygens (including phenoxy) is 1. The van der Waals surface area contributed by atoms with Crippen LogP contribution in [0.1, 0.15) is 36.1 Å². The lowest BCUT2D eigenvalue weighted by atomic mass is 10.0. The number of para-hydroxylation sites is 1. The second-order valence-corrected chi connectivity index (χ2v) is 7.98. The highest BCUT2D eigenvalue weighted by atomic mass is 16.5. The van der Waals surface area contributed by atoms with E-state index in [1.54, 1.807) is 0 Å². The lowest BCUT2D eigenvalue weighted by molar-refractivity contribution is -0.148. The van der Waals surface area contributed by atoms with Gasteiger partial charge in [-0.3, -0.25) is 14.5 Å². The number of anilines is 1. The zero-order valence-corrected chi connectivity index (χ0v) is 19.4. The van der Waals surface area contributed by atoms with Crippen LogP contribution in [0, 0.1) is 0 Å². The molecule has 0 radical (unpaired) electrons. The Bertz CT molecular complexity index is 972. The molecule has 3 aromatic carbocycles. The zero-order chi connectivity index (χ0) is 23.5. The van der Waals surface area contributed by atoms with E-state index in [0.717, 1.165) is 40.8 Å². The molecule has 1 amide bonds. The molecular formula is C28H32N2O3. The van der Waals surface area contributed by atoms with Crippen LogP contribution in [0.25, 0.3) is 0 Å². The summed E-state index contributed by atoms with van der Waals surface area (Å²) >= 11 is 0.